The molecule has 0 aromatic carbocycles. The van der Waals surface area contributed by atoms with Gasteiger partial charge in [0.15, 0.2) is 5.76 Å². The fourth-order valence-electron chi connectivity index (χ4n) is 1.20. The van der Waals surface area contributed by atoms with E-state index in [2.05, 4.69) is 40.7 Å². The number of aliphatic hydroxyl groups excluding tert-OH is 1. The van der Waals surface area contributed by atoms with Crippen LogP contribution >= 0.6 is 31.9 Å². The van der Waals surface area contributed by atoms with E-state index in [-0.39, 0.29) is 0 Å². The molecule has 134 valence electrons. The Hall–Kier alpha value is -1.27. The molecule has 0 fully saturated rings. The lowest BCUT2D eigenvalue weighted by Crippen LogP contribution is -2.21. The maximum atomic E-state index is 11.8. The highest BCUT2D eigenvalue weighted by molar-refractivity contribution is 9.10. The standard InChI is InChI=1S/C6H4BrF3O2.C6H2BrF3O2/c2*7-3-1-4(12-2-3)5(11)6(8,9)10/h1-2,5,11H;1-2H. The van der Waals surface area contributed by atoms with Gasteiger partial charge >= 0.3 is 18.1 Å². The summed E-state index contributed by atoms with van der Waals surface area (Å²) in [5.41, 5.74) is 0. The molecule has 2 rings (SSSR count). The van der Waals surface area contributed by atoms with Crippen molar-refractivity contribution in [3.63, 3.8) is 0 Å². The molecule has 1 atom stereocenters. The Morgan fingerprint density at radius 2 is 1.50 bits per heavy atom. The monoisotopic (exact) mass is 486 g/mol. The lowest BCUT2D eigenvalue weighted by Gasteiger charge is -2.10. The molecule has 0 aliphatic carbocycles. The first-order chi connectivity index (χ1) is 10.8. The molecule has 0 amide bonds. The third-order valence-electron chi connectivity index (χ3n) is 2.22. The largest absolute Gasteiger partial charge is 0.465 e. The van der Waals surface area contributed by atoms with Gasteiger partial charge in [-0.3, -0.25) is 4.79 Å². The summed E-state index contributed by atoms with van der Waals surface area (Å²) in [6.45, 7) is 0. The van der Waals surface area contributed by atoms with Crippen molar-refractivity contribution in [2.75, 3.05) is 0 Å². The zero-order chi connectivity index (χ0) is 18.7. The molecule has 0 saturated heterocycles. The maximum Gasteiger partial charge on any atom is 0.458 e. The number of Topliss-reactive ketones (excluding diaryl/α,β-unsaturated/α-hetero) is 1. The van der Waals surface area contributed by atoms with Crippen molar-refractivity contribution in [1.29, 1.82) is 0 Å². The molecular formula is C12H6Br2F6O4. The van der Waals surface area contributed by atoms with Crippen LogP contribution in [0.4, 0.5) is 26.3 Å². The summed E-state index contributed by atoms with van der Waals surface area (Å²) in [4.78, 5) is 10.4. The van der Waals surface area contributed by atoms with E-state index >= 15 is 0 Å². The lowest BCUT2D eigenvalue weighted by atomic mass is 10.3. The third-order valence-corrected chi connectivity index (χ3v) is 3.05. The SMILES string of the molecule is O=C(c1cc(Br)co1)C(F)(F)F.OC(c1cc(Br)co1)C(F)(F)F. The van der Waals surface area contributed by atoms with Crippen molar-refractivity contribution in [3.8, 4) is 0 Å². The van der Waals surface area contributed by atoms with Crippen molar-refractivity contribution < 1.29 is 45.1 Å². The van der Waals surface area contributed by atoms with Gasteiger partial charge in [0, 0.05) is 6.07 Å². The Morgan fingerprint density at radius 3 is 1.83 bits per heavy atom. The fraction of sp³-hybridized carbons (Fsp3) is 0.250. The van der Waals surface area contributed by atoms with Crippen molar-refractivity contribution in [1.82, 2.24) is 0 Å². The topological polar surface area (TPSA) is 63.6 Å². The molecule has 1 unspecified atom stereocenters. The van der Waals surface area contributed by atoms with Gasteiger partial charge < -0.3 is 13.9 Å². The van der Waals surface area contributed by atoms with Gasteiger partial charge in [0.25, 0.3) is 0 Å². The summed E-state index contributed by atoms with van der Waals surface area (Å²) in [5.74, 6) is -3.21. The van der Waals surface area contributed by atoms with Crippen molar-refractivity contribution in [2.45, 2.75) is 18.5 Å². The quantitative estimate of drug-likeness (QED) is 0.453. The van der Waals surface area contributed by atoms with Crippen LogP contribution in [-0.4, -0.2) is 23.2 Å². The molecule has 2 aromatic heterocycles. The van der Waals surface area contributed by atoms with E-state index in [1.807, 2.05) is 0 Å². The second-order valence-electron chi connectivity index (χ2n) is 4.07. The van der Waals surface area contributed by atoms with Crippen LogP contribution in [0.5, 0.6) is 0 Å². The Morgan fingerprint density at radius 1 is 1.00 bits per heavy atom. The van der Waals surface area contributed by atoms with Gasteiger partial charge in [-0.25, -0.2) is 0 Å². The summed E-state index contributed by atoms with van der Waals surface area (Å²) in [6, 6.07) is 2.04. The van der Waals surface area contributed by atoms with Gasteiger partial charge in [0.05, 0.1) is 8.95 Å². The van der Waals surface area contributed by atoms with Gasteiger partial charge in [-0.2, -0.15) is 26.3 Å². The number of furan rings is 2. The maximum absolute atomic E-state index is 11.8. The molecule has 12 heteroatoms. The van der Waals surface area contributed by atoms with Crippen molar-refractivity contribution in [2.24, 2.45) is 0 Å². The number of ketones is 1. The van der Waals surface area contributed by atoms with Crippen LogP contribution in [0.1, 0.15) is 22.4 Å². The van der Waals surface area contributed by atoms with Crippen molar-refractivity contribution >= 4 is 37.6 Å². The van der Waals surface area contributed by atoms with E-state index in [0.29, 0.717) is 8.95 Å². The first kappa shape index (κ1) is 20.8. The molecule has 0 aliphatic heterocycles. The molecule has 0 radical (unpaired) electrons. The summed E-state index contributed by atoms with van der Waals surface area (Å²) >= 11 is 5.75. The molecule has 4 nitrogen and oxygen atoms in total. The highest BCUT2D eigenvalue weighted by atomic mass is 79.9. The van der Waals surface area contributed by atoms with Crippen LogP contribution in [0, 0.1) is 0 Å². The molecule has 0 aliphatic rings. The molecule has 1 N–H and O–H groups in total. The normalized spacial score (nSPS) is 13.2. The first-order valence-electron chi connectivity index (χ1n) is 5.66. The molecule has 0 saturated carbocycles. The average molecular weight is 488 g/mol. The van der Waals surface area contributed by atoms with Gasteiger partial charge in [-0.05, 0) is 37.9 Å². The number of alkyl halides is 6. The van der Waals surface area contributed by atoms with E-state index < -0.39 is 35.8 Å². The minimum Gasteiger partial charge on any atom is -0.465 e. The number of hydrogen-bond acceptors (Lipinski definition) is 4. The van der Waals surface area contributed by atoms with Gasteiger partial charge in [0.1, 0.15) is 18.3 Å². The predicted molar refractivity (Wildman–Crippen MR) is 74.2 cm³/mol. The van der Waals surface area contributed by atoms with Gasteiger partial charge in [-0.15, -0.1) is 0 Å². The average Bonchev–Trinajstić information content (AvgIpc) is 3.04. The Balaban J connectivity index is 0.000000240. The van der Waals surface area contributed by atoms with Crippen molar-refractivity contribution in [3.05, 3.63) is 45.1 Å². The summed E-state index contributed by atoms with van der Waals surface area (Å²) < 4.78 is 80.0. The minimum absolute atomic E-state index is 0.301. The Kier molecular flexibility index (Phi) is 6.70. The Bertz CT molecular complexity index is 688. The Labute approximate surface area is 146 Å². The van der Waals surface area contributed by atoms with E-state index in [1.165, 1.54) is 0 Å². The molecule has 24 heavy (non-hydrogen) atoms. The predicted octanol–water partition coefficient (Wildman–Crippen LogP) is 5.42. The van der Waals surface area contributed by atoms with E-state index in [4.69, 9.17) is 5.11 Å². The highest BCUT2D eigenvalue weighted by Gasteiger charge is 2.42. The van der Waals surface area contributed by atoms with Gasteiger partial charge in [0.2, 0.25) is 6.10 Å². The number of halogens is 8. The lowest BCUT2D eigenvalue weighted by molar-refractivity contribution is -0.211. The summed E-state index contributed by atoms with van der Waals surface area (Å²) in [7, 11) is 0. The molecule has 2 heterocycles. The van der Waals surface area contributed by atoms with Crippen LogP contribution in [0.15, 0.2) is 42.4 Å². The smallest absolute Gasteiger partial charge is 0.458 e. The molecular weight excluding hydrogens is 482 g/mol. The van der Waals surface area contributed by atoms with Crippen LogP contribution in [0.25, 0.3) is 0 Å². The molecule has 0 spiro atoms. The van der Waals surface area contributed by atoms with E-state index in [9.17, 15) is 31.1 Å². The fourth-order valence-corrected chi connectivity index (χ4v) is 1.83. The number of carbonyl (C=O) groups excluding carboxylic acids is 1. The van der Waals surface area contributed by atoms with Crippen LogP contribution < -0.4 is 0 Å². The zero-order valence-corrected chi connectivity index (χ0v) is 14.3. The van der Waals surface area contributed by atoms with E-state index in [0.717, 1.165) is 24.7 Å². The minimum atomic E-state index is -4.88. The second kappa shape index (κ2) is 7.74. The second-order valence-corrected chi connectivity index (χ2v) is 5.90. The van der Waals surface area contributed by atoms with Gasteiger partial charge in [-0.1, -0.05) is 0 Å². The molecule has 0 bridgehead atoms. The number of rotatable bonds is 2. The van der Waals surface area contributed by atoms with Crippen LogP contribution in [0.3, 0.4) is 0 Å². The zero-order valence-electron chi connectivity index (χ0n) is 11.1. The summed E-state index contributed by atoms with van der Waals surface area (Å²) in [5, 5.41) is 8.63. The van der Waals surface area contributed by atoms with E-state index in [1.54, 1.807) is 0 Å². The molecule has 2 aromatic rings. The number of aliphatic hydroxyl groups is 1. The number of hydrogen-bond donors (Lipinski definition) is 1. The first-order valence-corrected chi connectivity index (χ1v) is 7.25. The third kappa shape index (κ3) is 5.98. The van der Waals surface area contributed by atoms with Crippen LogP contribution in [0.2, 0.25) is 0 Å². The summed E-state index contributed by atoms with van der Waals surface area (Å²) in [6.07, 6.45) is -10.0. The van der Waals surface area contributed by atoms with Crippen LogP contribution in [-0.2, 0) is 0 Å². The number of carbonyl (C=O) groups is 1. The highest BCUT2D eigenvalue weighted by Crippen LogP contribution is 2.33.